The fraction of sp³-hybridized carbons (Fsp3) is 0.0333. The van der Waals surface area contributed by atoms with Crippen LogP contribution in [0.4, 0.5) is 5.69 Å². The number of hydrogen-bond acceptors (Lipinski definition) is 5. The molecule has 0 atom stereocenters. The summed E-state index contributed by atoms with van der Waals surface area (Å²) >= 11 is 25.0. The number of para-hydroxylation sites is 1. The zero-order valence-electron chi connectivity index (χ0n) is 20.0. The molecule has 0 unspecified atom stereocenters. The van der Waals surface area contributed by atoms with E-state index < -0.39 is 29.3 Å². The summed E-state index contributed by atoms with van der Waals surface area (Å²) < 4.78 is 0. The van der Waals surface area contributed by atoms with E-state index in [4.69, 9.17) is 46.4 Å². The summed E-state index contributed by atoms with van der Waals surface area (Å²) in [5, 5.41) is 1.39. The van der Waals surface area contributed by atoms with E-state index in [1.807, 2.05) is 24.3 Å². The van der Waals surface area contributed by atoms with Crippen LogP contribution >= 0.6 is 46.4 Å². The Morgan fingerprint density at radius 3 is 1.68 bits per heavy atom. The van der Waals surface area contributed by atoms with Crippen LogP contribution in [0.1, 0.15) is 53.0 Å². The van der Waals surface area contributed by atoms with Crippen molar-refractivity contribution in [2.45, 2.75) is 5.92 Å². The van der Waals surface area contributed by atoms with Gasteiger partial charge in [0.1, 0.15) is 5.92 Å². The van der Waals surface area contributed by atoms with Gasteiger partial charge in [0.25, 0.3) is 11.8 Å². The number of halogens is 4. The molecule has 0 radical (unpaired) electrons. The normalized spacial score (nSPS) is 15.1. The molecule has 0 saturated carbocycles. The minimum atomic E-state index is -1.25. The van der Waals surface area contributed by atoms with Gasteiger partial charge in [-0.2, -0.15) is 0 Å². The van der Waals surface area contributed by atoms with E-state index in [1.165, 1.54) is 6.07 Å². The first-order chi connectivity index (χ1) is 19.2. The highest BCUT2D eigenvalue weighted by Gasteiger charge is 2.45. The average molecular weight is 606 g/mol. The molecule has 1 aromatic heterocycles. The molecule has 1 aliphatic heterocycles. The molecule has 0 saturated heterocycles. The third kappa shape index (κ3) is 3.34. The Bertz CT molecular complexity index is 1950. The number of carbonyl (C=O) groups is 4. The lowest BCUT2D eigenvalue weighted by atomic mass is 9.97. The zero-order chi connectivity index (χ0) is 28.0. The average Bonchev–Trinajstić information content (AvgIpc) is 3.36. The third-order valence-corrected chi connectivity index (χ3v) is 9.10. The van der Waals surface area contributed by atoms with Gasteiger partial charge in [-0.05, 0) is 35.0 Å². The van der Waals surface area contributed by atoms with Crippen LogP contribution in [0.15, 0.2) is 66.7 Å². The van der Waals surface area contributed by atoms with Crippen LogP contribution in [-0.4, -0.2) is 28.4 Å². The van der Waals surface area contributed by atoms with Gasteiger partial charge in [0.15, 0.2) is 11.6 Å². The largest absolute Gasteiger partial charge is 0.293 e. The summed E-state index contributed by atoms with van der Waals surface area (Å²) in [4.78, 5) is 60.1. The van der Waals surface area contributed by atoms with Crippen LogP contribution in [-0.2, 0) is 0 Å². The van der Waals surface area contributed by atoms with Crippen molar-refractivity contribution in [1.29, 1.82) is 0 Å². The van der Waals surface area contributed by atoms with Gasteiger partial charge >= 0.3 is 0 Å². The number of fused-ring (bicyclic) bond motifs is 4. The van der Waals surface area contributed by atoms with E-state index in [1.54, 1.807) is 36.4 Å². The van der Waals surface area contributed by atoms with E-state index in [-0.39, 0.29) is 42.6 Å². The van der Waals surface area contributed by atoms with Crippen LogP contribution in [0, 0.1) is 0 Å². The highest BCUT2D eigenvalue weighted by molar-refractivity contribution is 6.56. The van der Waals surface area contributed by atoms with E-state index in [2.05, 4.69) is 4.98 Å². The number of amides is 2. The minimum Gasteiger partial charge on any atom is -0.293 e. The van der Waals surface area contributed by atoms with Crippen molar-refractivity contribution in [3.05, 3.63) is 115 Å². The number of imide groups is 1. The molecule has 0 N–H and O–H groups in total. The summed E-state index contributed by atoms with van der Waals surface area (Å²) in [6.07, 6.45) is 0. The van der Waals surface area contributed by atoms with Crippen molar-refractivity contribution in [3.63, 3.8) is 0 Å². The highest BCUT2D eigenvalue weighted by atomic mass is 35.5. The smallest absolute Gasteiger partial charge is 0.267 e. The van der Waals surface area contributed by atoms with Gasteiger partial charge in [-0.1, -0.05) is 88.9 Å². The van der Waals surface area contributed by atoms with Crippen molar-refractivity contribution in [3.8, 4) is 0 Å². The molecule has 2 heterocycles. The quantitative estimate of drug-likeness (QED) is 0.0882. The number of aromatic nitrogens is 1. The number of carbonyl (C=O) groups excluding carboxylic acids is 4. The molecule has 2 amide bonds. The van der Waals surface area contributed by atoms with Crippen LogP contribution in [0.3, 0.4) is 0 Å². The summed E-state index contributed by atoms with van der Waals surface area (Å²) in [6.45, 7) is 0. The van der Waals surface area contributed by atoms with E-state index >= 15 is 0 Å². The third-order valence-electron chi connectivity index (χ3n) is 7.29. The molecule has 10 heteroatoms. The maximum Gasteiger partial charge on any atom is 0.267 e. The first-order valence-electron chi connectivity index (χ1n) is 11.9. The van der Waals surface area contributed by atoms with E-state index in [0.717, 1.165) is 15.7 Å². The molecule has 0 bridgehead atoms. The number of anilines is 1. The van der Waals surface area contributed by atoms with Crippen LogP contribution in [0.25, 0.3) is 21.7 Å². The number of pyridine rings is 1. The molecule has 40 heavy (non-hydrogen) atoms. The summed E-state index contributed by atoms with van der Waals surface area (Å²) in [7, 11) is 0. The maximum atomic E-state index is 13.7. The van der Waals surface area contributed by atoms with Crippen molar-refractivity contribution in [2.75, 3.05) is 4.90 Å². The Balaban J connectivity index is 1.42. The molecule has 4 aromatic carbocycles. The van der Waals surface area contributed by atoms with Crippen LogP contribution in [0.5, 0.6) is 0 Å². The van der Waals surface area contributed by atoms with Gasteiger partial charge in [-0.25, -0.2) is 4.90 Å². The standard InChI is InChI=1S/C30H12Cl4N2O4/c31-23-21-22(24(32)26(34)25(23)33)30(40)36(29(21)39)19-11-18(35-17-8-4-3-7-14(17)19)20-27(37)15-9-12-5-1-2-6-13(12)10-16(15)28(20)38/h1-11,20H. The molecular formula is C30H12Cl4N2O4. The second kappa shape index (κ2) is 8.85. The molecule has 2 aliphatic rings. The van der Waals surface area contributed by atoms with Gasteiger partial charge in [0.2, 0.25) is 0 Å². The Morgan fingerprint density at radius 1 is 0.625 bits per heavy atom. The number of hydrogen-bond donors (Lipinski definition) is 0. The second-order valence-corrected chi connectivity index (χ2v) is 11.0. The Hall–Kier alpha value is -3.81. The SMILES string of the molecule is O=C1c2cc3ccccc3cc2C(=O)C1c1cc(N2C(=O)c3c(Cl)c(Cl)c(Cl)c(Cl)c3C2=O)c2ccccc2n1. The van der Waals surface area contributed by atoms with Gasteiger partial charge in [0.05, 0.1) is 48.1 Å². The van der Waals surface area contributed by atoms with E-state index in [9.17, 15) is 19.2 Å². The second-order valence-electron chi connectivity index (χ2n) is 9.44. The van der Waals surface area contributed by atoms with Gasteiger partial charge in [-0.15, -0.1) is 0 Å². The maximum absolute atomic E-state index is 13.7. The summed E-state index contributed by atoms with van der Waals surface area (Å²) in [5.41, 5.74) is 0.840. The van der Waals surface area contributed by atoms with Gasteiger partial charge in [0, 0.05) is 16.5 Å². The topological polar surface area (TPSA) is 84.4 Å². The van der Waals surface area contributed by atoms with Crippen LogP contribution in [0.2, 0.25) is 20.1 Å². The predicted octanol–water partition coefficient (Wildman–Crippen LogP) is 7.97. The monoisotopic (exact) mass is 604 g/mol. The molecule has 6 nitrogen and oxygen atoms in total. The van der Waals surface area contributed by atoms with Gasteiger partial charge < -0.3 is 0 Å². The minimum absolute atomic E-state index is 0.105. The number of ketones is 2. The number of Topliss-reactive ketones (excluding diaryl/α,β-unsaturated/α-hetero) is 2. The predicted molar refractivity (Wildman–Crippen MR) is 155 cm³/mol. The summed E-state index contributed by atoms with van der Waals surface area (Å²) in [5.74, 6) is -3.61. The van der Waals surface area contributed by atoms with E-state index in [0.29, 0.717) is 22.0 Å². The van der Waals surface area contributed by atoms with Crippen LogP contribution < -0.4 is 4.90 Å². The van der Waals surface area contributed by atoms with Crippen molar-refractivity contribution in [2.24, 2.45) is 0 Å². The first-order valence-corrected chi connectivity index (χ1v) is 13.5. The lowest BCUT2D eigenvalue weighted by Crippen LogP contribution is -2.30. The molecule has 0 spiro atoms. The number of benzene rings is 4. The number of rotatable bonds is 2. The Labute approximate surface area is 246 Å². The van der Waals surface area contributed by atoms with Crippen molar-refractivity contribution >= 4 is 97.1 Å². The van der Waals surface area contributed by atoms with Crippen molar-refractivity contribution < 1.29 is 19.2 Å². The zero-order valence-corrected chi connectivity index (χ0v) is 23.0. The molecule has 0 fully saturated rings. The molecule has 5 aromatic rings. The lowest BCUT2D eigenvalue weighted by Gasteiger charge is -2.19. The highest BCUT2D eigenvalue weighted by Crippen LogP contribution is 2.47. The molecular weight excluding hydrogens is 594 g/mol. The molecule has 194 valence electrons. The molecule has 1 aliphatic carbocycles. The Morgan fingerprint density at radius 2 is 1.12 bits per heavy atom. The first kappa shape index (κ1) is 25.2. The molecule has 7 rings (SSSR count). The number of nitrogens with zero attached hydrogens (tertiary/aromatic N) is 2. The fourth-order valence-electron chi connectivity index (χ4n) is 5.42. The Kier molecular flexibility index (Phi) is 5.57. The fourth-order valence-corrected chi connectivity index (χ4v) is 6.44. The summed E-state index contributed by atoms with van der Waals surface area (Å²) in [6, 6.07) is 19.0. The lowest BCUT2D eigenvalue weighted by molar-refractivity contribution is 0.0884. The van der Waals surface area contributed by atoms with Crippen molar-refractivity contribution in [1.82, 2.24) is 4.98 Å². The van der Waals surface area contributed by atoms with Gasteiger partial charge in [-0.3, -0.25) is 24.2 Å².